The Morgan fingerprint density at radius 1 is 1.46 bits per heavy atom. The van der Waals surface area contributed by atoms with E-state index in [1.54, 1.807) is 7.11 Å². The van der Waals surface area contributed by atoms with Crippen LogP contribution in [0, 0.1) is 0 Å². The molecule has 0 saturated heterocycles. The third-order valence-electron chi connectivity index (χ3n) is 1.99. The van der Waals surface area contributed by atoms with Crippen molar-refractivity contribution in [3.63, 3.8) is 0 Å². The molecule has 0 aromatic carbocycles. The third kappa shape index (κ3) is 5.58. The van der Waals surface area contributed by atoms with Crippen molar-refractivity contribution in [1.29, 1.82) is 0 Å². The molecular weight excluding hydrogens is 164 g/mol. The molecule has 0 aliphatic carbocycles. The lowest BCUT2D eigenvalue weighted by atomic mass is 10.0. The standard InChI is InChI=1S/C11H20O2/c1-5-6-11(13-4)10(12)8-7-9(2)3/h11H,2,5-8H2,1,3-4H3. The van der Waals surface area contributed by atoms with E-state index >= 15 is 0 Å². The average molecular weight is 184 g/mol. The molecule has 0 radical (unpaired) electrons. The summed E-state index contributed by atoms with van der Waals surface area (Å²) in [5.74, 6) is 0.201. The zero-order valence-electron chi connectivity index (χ0n) is 8.93. The largest absolute Gasteiger partial charge is 0.374 e. The van der Waals surface area contributed by atoms with E-state index in [1.165, 1.54) is 0 Å². The van der Waals surface area contributed by atoms with Gasteiger partial charge in [-0.1, -0.05) is 18.9 Å². The zero-order chi connectivity index (χ0) is 10.3. The van der Waals surface area contributed by atoms with Gasteiger partial charge in [0.05, 0.1) is 0 Å². The van der Waals surface area contributed by atoms with Crippen molar-refractivity contribution in [1.82, 2.24) is 0 Å². The van der Waals surface area contributed by atoms with E-state index in [-0.39, 0.29) is 11.9 Å². The number of hydrogen-bond donors (Lipinski definition) is 0. The van der Waals surface area contributed by atoms with E-state index in [9.17, 15) is 4.79 Å². The monoisotopic (exact) mass is 184 g/mol. The lowest BCUT2D eigenvalue weighted by Gasteiger charge is -2.12. The summed E-state index contributed by atoms with van der Waals surface area (Å²) in [6, 6.07) is 0. The molecule has 0 N–H and O–H groups in total. The van der Waals surface area contributed by atoms with Crippen molar-refractivity contribution in [2.24, 2.45) is 0 Å². The van der Waals surface area contributed by atoms with Gasteiger partial charge in [0.2, 0.25) is 0 Å². The molecule has 0 spiro atoms. The molecular formula is C11H20O2. The molecule has 0 aliphatic rings. The first-order chi connectivity index (χ1) is 6.11. The molecule has 0 amide bonds. The van der Waals surface area contributed by atoms with Crippen LogP contribution in [0.15, 0.2) is 12.2 Å². The zero-order valence-corrected chi connectivity index (χ0v) is 8.93. The molecule has 13 heavy (non-hydrogen) atoms. The maximum Gasteiger partial charge on any atom is 0.161 e. The number of Topliss-reactive ketones (excluding diaryl/α,β-unsaturated/α-hetero) is 1. The van der Waals surface area contributed by atoms with E-state index in [4.69, 9.17) is 4.74 Å². The molecule has 0 aliphatic heterocycles. The molecule has 0 bridgehead atoms. The molecule has 1 unspecified atom stereocenters. The number of ether oxygens (including phenoxy) is 1. The first-order valence-corrected chi connectivity index (χ1v) is 4.81. The topological polar surface area (TPSA) is 26.3 Å². The minimum absolute atomic E-state index is 0.201. The highest BCUT2D eigenvalue weighted by Gasteiger charge is 2.15. The predicted molar refractivity (Wildman–Crippen MR) is 54.8 cm³/mol. The fourth-order valence-corrected chi connectivity index (χ4v) is 1.17. The Morgan fingerprint density at radius 3 is 2.46 bits per heavy atom. The lowest BCUT2D eigenvalue weighted by Crippen LogP contribution is -2.22. The van der Waals surface area contributed by atoms with Crippen LogP contribution < -0.4 is 0 Å². The van der Waals surface area contributed by atoms with Gasteiger partial charge >= 0.3 is 0 Å². The number of carbonyl (C=O) groups excluding carboxylic acids is 1. The molecule has 0 heterocycles. The van der Waals surface area contributed by atoms with Gasteiger partial charge in [-0.05, 0) is 19.8 Å². The van der Waals surface area contributed by atoms with Crippen molar-refractivity contribution in [3.8, 4) is 0 Å². The fraction of sp³-hybridized carbons (Fsp3) is 0.727. The molecule has 0 saturated carbocycles. The second-order valence-corrected chi connectivity index (χ2v) is 3.44. The predicted octanol–water partition coefficient (Wildman–Crippen LogP) is 2.73. The Morgan fingerprint density at radius 2 is 2.08 bits per heavy atom. The summed E-state index contributed by atoms with van der Waals surface area (Å²) in [5, 5.41) is 0. The van der Waals surface area contributed by atoms with Gasteiger partial charge in [0.1, 0.15) is 6.10 Å². The Kier molecular flexibility index (Phi) is 6.51. The minimum atomic E-state index is -0.204. The summed E-state index contributed by atoms with van der Waals surface area (Å²) in [6.45, 7) is 7.76. The molecule has 0 rings (SSSR count). The van der Waals surface area contributed by atoms with Crippen molar-refractivity contribution in [2.45, 2.75) is 45.6 Å². The summed E-state index contributed by atoms with van der Waals surface area (Å²) in [7, 11) is 1.60. The summed E-state index contributed by atoms with van der Waals surface area (Å²) in [4.78, 5) is 11.5. The number of hydrogen-bond acceptors (Lipinski definition) is 2. The Balaban J connectivity index is 3.84. The highest BCUT2D eigenvalue weighted by Crippen LogP contribution is 2.09. The number of ketones is 1. The lowest BCUT2D eigenvalue weighted by molar-refractivity contribution is -0.129. The highest BCUT2D eigenvalue weighted by atomic mass is 16.5. The minimum Gasteiger partial charge on any atom is -0.374 e. The van der Waals surface area contributed by atoms with Gasteiger partial charge in [0, 0.05) is 13.5 Å². The summed E-state index contributed by atoms with van der Waals surface area (Å²) < 4.78 is 5.11. The smallest absolute Gasteiger partial charge is 0.161 e. The number of carbonyl (C=O) groups is 1. The molecule has 1 atom stereocenters. The van der Waals surface area contributed by atoms with Crippen LogP contribution >= 0.6 is 0 Å². The van der Waals surface area contributed by atoms with Crippen molar-refractivity contribution >= 4 is 5.78 Å². The van der Waals surface area contributed by atoms with Crippen LogP contribution in [0.25, 0.3) is 0 Å². The maximum atomic E-state index is 11.5. The van der Waals surface area contributed by atoms with Gasteiger partial charge in [0.25, 0.3) is 0 Å². The van der Waals surface area contributed by atoms with Crippen molar-refractivity contribution < 1.29 is 9.53 Å². The summed E-state index contributed by atoms with van der Waals surface area (Å²) in [5.41, 5.74) is 1.06. The first kappa shape index (κ1) is 12.4. The van der Waals surface area contributed by atoms with Crippen molar-refractivity contribution in [2.75, 3.05) is 7.11 Å². The maximum absolute atomic E-state index is 11.5. The fourth-order valence-electron chi connectivity index (χ4n) is 1.17. The Bertz CT molecular complexity index is 173. The van der Waals surface area contributed by atoms with Crippen LogP contribution in [-0.2, 0) is 9.53 Å². The second kappa shape index (κ2) is 6.84. The summed E-state index contributed by atoms with van der Waals surface area (Å²) >= 11 is 0. The van der Waals surface area contributed by atoms with E-state index in [2.05, 4.69) is 13.5 Å². The van der Waals surface area contributed by atoms with E-state index < -0.39 is 0 Å². The molecule has 0 aromatic rings. The van der Waals surface area contributed by atoms with Gasteiger partial charge in [-0.25, -0.2) is 0 Å². The van der Waals surface area contributed by atoms with Crippen LogP contribution in [-0.4, -0.2) is 19.0 Å². The van der Waals surface area contributed by atoms with Gasteiger partial charge in [-0.3, -0.25) is 4.79 Å². The Labute approximate surface area is 81.0 Å². The average Bonchev–Trinajstić information content (AvgIpc) is 2.10. The van der Waals surface area contributed by atoms with Gasteiger partial charge < -0.3 is 4.74 Å². The normalized spacial score (nSPS) is 12.5. The van der Waals surface area contributed by atoms with Gasteiger partial charge in [-0.2, -0.15) is 0 Å². The summed E-state index contributed by atoms with van der Waals surface area (Å²) in [6.07, 6.45) is 2.95. The van der Waals surface area contributed by atoms with E-state index in [0.29, 0.717) is 6.42 Å². The number of methoxy groups -OCH3 is 1. The van der Waals surface area contributed by atoms with Crippen LogP contribution in [0.2, 0.25) is 0 Å². The first-order valence-electron chi connectivity index (χ1n) is 4.81. The number of allylic oxidation sites excluding steroid dienone is 1. The third-order valence-corrected chi connectivity index (χ3v) is 1.99. The van der Waals surface area contributed by atoms with E-state index in [1.807, 2.05) is 6.92 Å². The van der Waals surface area contributed by atoms with Crippen LogP contribution in [0.1, 0.15) is 39.5 Å². The highest BCUT2D eigenvalue weighted by molar-refractivity contribution is 5.83. The van der Waals surface area contributed by atoms with Crippen LogP contribution in [0.3, 0.4) is 0 Å². The molecule has 2 heteroatoms. The molecule has 2 nitrogen and oxygen atoms in total. The van der Waals surface area contributed by atoms with E-state index in [0.717, 1.165) is 24.8 Å². The molecule has 0 fully saturated rings. The Hall–Kier alpha value is -0.630. The number of rotatable bonds is 7. The molecule has 76 valence electrons. The van der Waals surface area contributed by atoms with Gasteiger partial charge in [0.15, 0.2) is 5.78 Å². The van der Waals surface area contributed by atoms with Crippen LogP contribution in [0.4, 0.5) is 0 Å². The molecule has 0 aromatic heterocycles. The van der Waals surface area contributed by atoms with Gasteiger partial charge in [-0.15, -0.1) is 6.58 Å². The van der Waals surface area contributed by atoms with Crippen molar-refractivity contribution in [3.05, 3.63) is 12.2 Å². The van der Waals surface area contributed by atoms with Crippen LogP contribution in [0.5, 0.6) is 0 Å². The quantitative estimate of drug-likeness (QED) is 0.569. The SMILES string of the molecule is C=C(C)CCC(=O)C(CCC)OC. The second-order valence-electron chi connectivity index (χ2n) is 3.44.